The summed E-state index contributed by atoms with van der Waals surface area (Å²) in [5.74, 6) is 0.833. The first-order chi connectivity index (χ1) is 8.36. The number of benzene rings is 1. The van der Waals surface area contributed by atoms with Gasteiger partial charge in [0.1, 0.15) is 12.1 Å². The van der Waals surface area contributed by atoms with E-state index in [4.69, 9.17) is 4.74 Å². The maximum atomic E-state index is 5.69. The van der Waals surface area contributed by atoms with Crippen molar-refractivity contribution < 1.29 is 4.74 Å². The van der Waals surface area contributed by atoms with Crippen molar-refractivity contribution in [1.82, 2.24) is 9.97 Å². The predicted molar refractivity (Wildman–Crippen MR) is 68.7 cm³/mol. The number of hydrogen-bond donors (Lipinski definition) is 0. The van der Waals surface area contributed by atoms with Gasteiger partial charge in [0.25, 0.3) is 0 Å². The Bertz CT molecular complexity index is 509. The second kappa shape index (κ2) is 5.25. The molecule has 0 atom stereocenters. The summed E-state index contributed by atoms with van der Waals surface area (Å²) in [4.78, 5) is 8.05. The van der Waals surface area contributed by atoms with Crippen LogP contribution in [0.1, 0.15) is 12.5 Å². The van der Waals surface area contributed by atoms with Gasteiger partial charge in [-0.05, 0) is 6.92 Å². The zero-order valence-electron chi connectivity index (χ0n) is 9.76. The van der Waals surface area contributed by atoms with Crippen molar-refractivity contribution in [1.29, 1.82) is 0 Å². The van der Waals surface area contributed by atoms with Crippen LogP contribution in [0.2, 0.25) is 0 Å². The number of hydrogen-bond acceptors (Lipinski definition) is 3. The van der Waals surface area contributed by atoms with E-state index in [-0.39, 0.29) is 0 Å². The van der Waals surface area contributed by atoms with Crippen LogP contribution in [0.5, 0.6) is 5.75 Å². The molecule has 0 spiro atoms. The molecule has 86 valence electrons. The summed E-state index contributed by atoms with van der Waals surface area (Å²) in [5, 5.41) is 0. The molecule has 1 aromatic heterocycles. The van der Waals surface area contributed by atoms with E-state index in [1.807, 2.05) is 25.1 Å². The molecular weight excluding hydrogens is 212 g/mol. The molecule has 0 aliphatic carbocycles. The van der Waals surface area contributed by atoms with Crippen molar-refractivity contribution in [3.63, 3.8) is 0 Å². The van der Waals surface area contributed by atoms with E-state index < -0.39 is 0 Å². The standard InChI is InChI=1S/C14H14N2O/c1-3-11-6-5-7-13(14(11)17-4-2)12-8-15-10-16-9-12/h3,5-10H,1,4H2,2H3. The van der Waals surface area contributed by atoms with Crippen molar-refractivity contribution in [3.8, 4) is 16.9 Å². The van der Waals surface area contributed by atoms with Crippen LogP contribution >= 0.6 is 0 Å². The number of para-hydroxylation sites is 1. The summed E-state index contributed by atoms with van der Waals surface area (Å²) in [5.41, 5.74) is 2.91. The fourth-order valence-electron chi connectivity index (χ4n) is 1.69. The number of rotatable bonds is 4. The highest BCUT2D eigenvalue weighted by atomic mass is 16.5. The summed E-state index contributed by atoms with van der Waals surface area (Å²) in [7, 11) is 0. The predicted octanol–water partition coefficient (Wildman–Crippen LogP) is 3.19. The molecule has 1 aromatic carbocycles. The Morgan fingerprint density at radius 3 is 2.71 bits per heavy atom. The van der Waals surface area contributed by atoms with Crippen LogP contribution in [0, 0.1) is 0 Å². The quantitative estimate of drug-likeness (QED) is 0.803. The highest BCUT2D eigenvalue weighted by Crippen LogP contribution is 2.33. The number of aromatic nitrogens is 2. The van der Waals surface area contributed by atoms with Gasteiger partial charge < -0.3 is 4.74 Å². The maximum absolute atomic E-state index is 5.69. The minimum atomic E-state index is 0.617. The Morgan fingerprint density at radius 1 is 1.29 bits per heavy atom. The summed E-state index contributed by atoms with van der Waals surface area (Å²) >= 11 is 0. The molecule has 0 radical (unpaired) electrons. The maximum Gasteiger partial charge on any atom is 0.134 e. The first-order valence-corrected chi connectivity index (χ1v) is 5.50. The first-order valence-electron chi connectivity index (χ1n) is 5.50. The molecule has 0 amide bonds. The third-order valence-electron chi connectivity index (χ3n) is 2.43. The Balaban J connectivity index is 2.57. The minimum Gasteiger partial charge on any atom is -0.493 e. The van der Waals surface area contributed by atoms with Crippen molar-refractivity contribution in [3.05, 3.63) is 49.1 Å². The van der Waals surface area contributed by atoms with Crippen molar-refractivity contribution in [2.75, 3.05) is 6.61 Å². The molecule has 17 heavy (non-hydrogen) atoms. The summed E-state index contributed by atoms with van der Waals surface area (Å²) < 4.78 is 5.69. The molecule has 1 heterocycles. The third kappa shape index (κ3) is 2.33. The highest BCUT2D eigenvalue weighted by Gasteiger charge is 2.09. The van der Waals surface area contributed by atoms with Crippen LogP contribution in [-0.2, 0) is 0 Å². The van der Waals surface area contributed by atoms with Crippen LogP contribution in [0.3, 0.4) is 0 Å². The van der Waals surface area contributed by atoms with Crippen molar-refractivity contribution in [2.24, 2.45) is 0 Å². The average molecular weight is 226 g/mol. The third-order valence-corrected chi connectivity index (χ3v) is 2.43. The lowest BCUT2D eigenvalue weighted by molar-refractivity contribution is 0.341. The molecule has 3 heteroatoms. The van der Waals surface area contributed by atoms with E-state index in [1.165, 1.54) is 6.33 Å². The van der Waals surface area contributed by atoms with Gasteiger partial charge >= 0.3 is 0 Å². The zero-order chi connectivity index (χ0) is 12.1. The number of ether oxygens (including phenoxy) is 1. The second-order valence-electron chi connectivity index (χ2n) is 3.49. The van der Waals surface area contributed by atoms with Gasteiger partial charge in [-0.25, -0.2) is 9.97 Å². The molecule has 0 saturated heterocycles. The van der Waals surface area contributed by atoms with Crippen LogP contribution in [0.4, 0.5) is 0 Å². The van der Waals surface area contributed by atoms with E-state index >= 15 is 0 Å². The van der Waals surface area contributed by atoms with Gasteiger partial charge in [-0.15, -0.1) is 0 Å². The lowest BCUT2D eigenvalue weighted by Gasteiger charge is -2.12. The molecular formula is C14H14N2O. The minimum absolute atomic E-state index is 0.617. The molecule has 0 aliphatic heterocycles. The summed E-state index contributed by atoms with van der Waals surface area (Å²) in [6, 6.07) is 5.95. The molecule has 0 unspecified atom stereocenters. The highest BCUT2D eigenvalue weighted by molar-refractivity contribution is 5.75. The molecule has 0 saturated carbocycles. The van der Waals surface area contributed by atoms with Crippen molar-refractivity contribution >= 4 is 6.08 Å². The van der Waals surface area contributed by atoms with Gasteiger partial charge in [0.05, 0.1) is 6.61 Å². The second-order valence-corrected chi connectivity index (χ2v) is 3.49. The summed E-state index contributed by atoms with van der Waals surface area (Å²) in [6.07, 6.45) is 6.86. The van der Waals surface area contributed by atoms with Gasteiger partial charge in [0.15, 0.2) is 0 Å². The Kier molecular flexibility index (Phi) is 3.50. The van der Waals surface area contributed by atoms with Crippen LogP contribution in [-0.4, -0.2) is 16.6 Å². The van der Waals surface area contributed by atoms with Crippen LogP contribution in [0.15, 0.2) is 43.5 Å². The zero-order valence-corrected chi connectivity index (χ0v) is 9.76. The molecule has 0 fully saturated rings. The Morgan fingerprint density at radius 2 is 2.06 bits per heavy atom. The SMILES string of the molecule is C=Cc1cccc(-c2cncnc2)c1OCC. The van der Waals surface area contributed by atoms with E-state index in [0.717, 1.165) is 22.4 Å². The fourth-order valence-corrected chi connectivity index (χ4v) is 1.69. The smallest absolute Gasteiger partial charge is 0.134 e. The van der Waals surface area contributed by atoms with Crippen molar-refractivity contribution in [2.45, 2.75) is 6.92 Å². The average Bonchev–Trinajstić information content (AvgIpc) is 2.40. The lowest BCUT2D eigenvalue weighted by Crippen LogP contribution is -1.97. The topological polar surface area (TPSA) is 35.0 Å². The van der Waals surface area contributed by atoms with Gasteiger partial charge in [-0.1, -0.05) is 30.9 Å². The normalized spacial score (nSPS) is 9.94. The molecule has 0 N–H and O–H groups in total. The largest absolute Gasteiger partial charge is 0.493 e. The number of nitrogens with zero attached hydrogens (tertiary/aromatic N) is 2. The van der Waals surface area contributed by atoms with Gasteiger partial charge in [-0.3, -0.25) is 0 Å². The molecule has 0 aliphatic rings. The molecule has 2 rings (SSSR count). The van der Waals surface area contributed by atoms with E-state index in [1.54, 1.807) is 18.5 Å². The summed E-state index contributed by atoms with van der Waals surface area (Å²) in [6.45, 7) is 6.38. The lowest BCUT2D eigenvalue weighted by atomic mass is 10.0. The van der Waals surface area contributed by atoms with Gasteiger partial charge in [0.2, 0.25) is 0 Å². The molecule has 3 nitrogen and oxygen atoms in total. The monoisotopic (exact) mass is 226 g/mol. The van der Waals surface area contributed by atoms with Gasteiger partial charge in [0, 0.05) is 29.1 Å². The fraction of sp³-hybridized carbons (Fsp3) is 0.143. The van der Waals surface area contributed by atoms with E-state index in [2.05, 4.69) is 16.5 Å². The van der Waals surface area contributed by atoms with E-state index in [0.29, 0.717) is 6.61 Å². The van der Waals surface area contributed by atoms with E-state index in [9.17, 15) is 0 Å². The van der Waals surface area contributed by atoms with Crippen LogP contribution < -0.4 is 4.74 Å². The first kappa shape index (κ1) is 11.3. The van der Waals surface area contributed by atoms with Crippen LogP contribution in [0.25, 0.3) is 17.2 Å². The Hall–Kier alpha value is -2.16. The molecule has 2 aromatic rings. The molecule has 0 bridgehead atoms. The van der Waals surface area contributed by atoms with Gasteiger partial charge in [-0.2, -0.15) is 0 Å². The Labute approximate surface area is 101 Å².